The Morgan fingerprint density at radius 1 is 0.737 bits per heavy atom. The van der Waals surface area contributed by atoms with E-state index in [1.54, 1.807) is 20.8 Å². The Hall–Kier alpha value is -1.37. The van der Waals surface area contributed by atoms with Crippen molar-refractivity contribution < 1.29 is 27.7 Å². The summed E-state index contributed by atoms with van der Waals surface area (Å²) in [6.45, 7) is 6.70. The third-order valence-electron chi connectivity index (χ3n) is 2.23. The van der Waals surface area contributed by atoms with Crippen molar-refractivity contribution in [2.45, 2.75) is 59.4 Å². The summed E-state index contributed by atoms with van der Waals surface area (Å²) in [5, 5.41) is 0. The maximum Gasteiger partial charge on any atom is 0.705 e. The summed E-state index contributed by atoms with van der Waals surface area (Å²) in [6.07, 6.45) is 0.973. The van der Waals surface area contributed by atoms with Crippen molar-refractivity contribution in [3.05, 3.63) is 0 Å². The summed E-state index contributed by atoms with van der Waals surface area (Å²) < 4.78 is 15.6. The highest BCUT2D eigenvalue weighted by molar-refractivity contribution is 6.65. The van der Waals surface area contributed by atoms with Gasteiger partial charge in [-0.2, -0.15) is 0 Å². The van der Waals surface area contributed by atoms with Gasteiger partial charge in [-0.05, 0) is 6.42 Å². The van der Waals surface area contributed by atoms with Crippen LogP contribution in [0.15, 0.2) is 0 Å². The summed E-state index contributed by atoms with van der Waals surface area (Å²) in [7, 11) is -3.60. The minimum absolute atomic E-state index is 0.131. The molecule has 0 spiro atoms. The van der Waals surface area contributed by atoms with Crippen LogP contribution in [-0.2, 0) is 27.7 Å². The fraction of sp³-hybridized carbons (Fsp3) is 0.750. The molecule has 0 saturated carbocycles. The first-order valence-electron chi connectivity index (χ1n) is 6.58. The van der Waals surface area contributed by atoms with Crippen molar-refractivity contribution in [2.75, 3.05) is 0 Å². The minimum atomic E-state index is -3.60. The molecule has 0 atom stereocenters. The molecule has 19 heavy (non-hydrogen) atoms. The van der Waals surface area contributed by atoms with E-state index in [0.29, 0.717) is 6.42 Å². The van der Waals surface area contributed by atoms with Crippen LogP contribution in [0, 0.1) is 0 Å². The molecule has 0 fully saturated rings. The van der Waals surface area contributed by atoms with E-state index in [9.17, 15) is 14.4 Å². The van der Waals surface area contributed by atoms with Crippen LogP contribution in [0.2, 0.25) is 6.04 Å². The maximum atomic E-state index is 11.5. The molecule has 0 amide bonds. The van der Waals surface area contributed by atoms with Crippen LogP contribution in [0.3, 0.4) is 0 Å². The minimum Gasteiger partial charge on any atom is -0.455 e. The van der Waals surface area contributed by atoms with Gasteiger partial charge in [-0.15, -0.1) is 0 Å². The molecular formula is C12H22O6Si. The highest BCUT2D eigenvalue weighted by Gasteiger charge is 2.51. The zero-order valence-electron chi connectivity index (χ0n) is 12.0. The van der Waals surface area contributed by atoms with E-state index in [1.807, 2.05) is 6.92 Å². The molecule has 0 bridgehead atoms. The highest BCUT2D eigenvalue weighted by atomic mass is 28.4. The maximum absolute atomic E-state index is 11.5. The van der Waals surface area contributed by atoms with E-state index in [0.717, 1.165) is 0 Å². The molecule has 0 heterocycles. The number of hydrogen-bond donors (Lipinski definition) is 0. The lowest BCUT2D eigenvalue weighted by Gasteiger charge is -2.27. The highest BCUT2D eigenvalue weighted by Crippen LogP contribution is 2.20. The SMILES string of the molecule is CCC[Si](OC(=O)CC)(OC(=O)CC)OC(=O)CC. The molecule has 0 aromatic heterocycles. The van der Waals surface area contributed by atoms with E-state index in [4.69, 9.17) is 13.3 Å². The van der Waals surface area contributed by atoms with Crippen molar-refractivity contribution in [3.8, 4) is 0 Å². The number of rotatable bonds is 8. The average Bonchev–Trinajstić information content (AvgIpc) is 2.38. The van der Waals surface area contributed by atoms with Crippen LogP contribution in [0.4, 0.5) is 0 Å². The Morgan fingerprint density at radius 3 is 1.26 bits per heavy atom. The molecule has 7 heteroatoms. The molecule has 0 aliphatic rings. The summed E-state index contributed by atoms with van der Waals surface area (Å²) in [4.78, 5) is 34.4. The predicted molar refractivity (Wildman–Crippen MR) is 70.0 cm³/mol. The van der Waals surface area contributed by atoms with E-state index >= 15 is 0 Å². The van der Waals surface area contributed by atoms with Gasteiger partial charge in [0, 0.05) is 19.3 Å². The lowest BCUT2D eigenvalue weighted by molar-refractivity contribution is -0.150. The van der Waals surface area contributed by atoms with Crippen LogP contribution in [0.25, 0.3) is 0 Å². The summed E-state index contributed by atoms with van der Waals surface area (Å²) in [6, 6.07) is 0.246. The zero-order chi connectivity index (χ0) is 14.9. The molecule has 0 rings (SSSR count). The Kier molecular flexibility index (Phi) is 8.05. The molecule has 0 aliphatic carbocycles. The molecule has 0 aromatic carbocycles. The smallest absolute Gasteiger partial charge is 0.455 e. The average molecular weight is 290 g/mol. The quantitative estimate of drug-likeness (QED) is 0.638. The van der Waals surface area contributed by atoms with Gasteiger partial charge in [0.1, 0.15) is 0 Å². The number of hydrogen-bond acceptors (Lipinski definition) is 6. The molecule has 0 N–H and O–H groups in total. The lowest BCUT2D eigenvalue weighted by Crippen LogP contribution is -2.50. The van der Waals surface area contributed by atoms with Crippen molar-refractivity contribution in [1.82, 2.24) is 0 Å². The number of carbonyl (C=O) groups excluding carboxylic acids is 3. The third-order valence-corrected chi connectivity index (χ3v) is 4.96. The third kappa shape index (κ3) is 6.37. The van der Waals surface area contributed by atoms with Crippen LogP contribution in [0.5, 0.6) is 0 Å². The Bertz CT molecular complexity index is 283. The van der Waals surface area contributed by atoms with E-state index in [-0.39, 0.29) is 25.3 Å². The molecule has 0 aromatic rings. The fourth-order valence-electron chi connectivity index (χ4n) is 1.26. The molecular weight excluding hydrogens is 268 g/mol. The first-order valence-corrected chi connectivity index (χ1v) is 8.51. The molecule has 0 saturated heterocycles. The van der Waals surface area contributed by atoms with Crippen LogP contribution in [0.1, 0.15) is 53.4 Å². The van der Waals surface area contributed by atoms with Gasteiger partial charge in [0.05, 0.1) is 6.04 Å². The van der Waals surface area contributed by atoms with Crippen LogP contribution >= 0.6 is 0 Å². The second-order valence-electron chi connectivity index (χ2n) is 3.92. The van der Waals surface area contributed by atoms with Crippen molar-refractivity contribution in [3.63, 3.8) is 0 Å². The van der Waals surface area contributed by atoms with E-state index < -0.39 is 26.7 Å². The van der Waals surface area contributed by atoms with Gasteiger partial charge in [0.2, 0.25) is 0 Å². The topological polar surface area (TPSA) is 78.9 Å². The monoisotopic (exact) mass is 290 g/mol. The van der Waals surface area contributed by atoms with Gasteiger partial charge in [0.15, 0.2) is 0 Å². The van der Waals surface area contributed by atoms with E-state index in [2.05, 4.69) is 0 Å². The molecule has 110 valence electrons. The van der Waals surface area contributed by atoms with E-state index in [1.165, 1.54) is 0 Å². The predicted octanol–water partition coefficient (Wildman–Crippen LogP) is 2.19. The van der Waals surface area contributed by atoms with Gasteiger partial charge in [-0.25, -0.2) is 0 Å². The Labute approximate surface area is 114 Å². The van der Waals surface area contributed by atoms with Crippen molar-refractivity contribution in [2.24, 2.45) is 0 Å². The van der Waals surface area contributed by atoms with Gasteiger partial charge < -0.3 is 13.3 Å². The first kappa shape index (κ1) is 17.6. The van der Waals surface area contributed by atoms with Crippen molar-refractivity contribution in [1.29, 1.82) is 0 Å². The van der Waals surface area contributed by atoms with Gasteiger partial charge >= 0.3 is 8.80 Å². The van der Waals surface area contributed by atoms with Gasteiger partial charge in [-0.1, -0.05) is 27.7 Å². The normalized spacial score (nSPS) is 10.7. The zero-order valence-corrected chi connectivity index (χ0v) is 13.0. The lowest BCUT2D eigenvalue weighted by atomic mass is 10.5. The first-order chi connectivity index (χ1) is 8.92. The number of carbonyl (C=O) groups is 3. The van der Waals surface area contributed by atoms with Gasteiger partial charge in [-0.3, -0.25) is 14.4 Å². The Morgan fingerprint density at radius 2 is 1.05 bits per heavy atom. The molecule has 0 unspecified atom stereocenters. The summed E-state index contributed by atoms with van der Waals surface area (Å²) in [5.41, 5.74) is 0. The second-order valence-corrected chi connectivity index (χ2v) is 6.39. The summed E-state index contributed by atoms with van der Waals surface area (Å²) >= 11 is 0. The van der Waals surface area contributed by atoms with Crippen molar-refractivity contribution >= 4 is 26.7 Å². The van der Waals surface area contributed by atoms with Gasteiger partial charge in [0.25, 0.3) is 17.9 Å². The largest absolute Gasteiger partial charge is 0.705 e. The Balaban J connectivity index is 5.12. The molecule has 0 radical (unpaired) electrons. The summed E-state index contributed by atoms with van der Waals surface area (Å²) in [5.74, 6) is -1.60. The fourth-order valence-corrected chi connectivity index (χ4v) is 3.78. The molecule has 0 aliphatic heterocycles. The van der Waals surface area contributed by atoms with Crippen LogP contribution in [-0.4, -0.2) is 26.7 Å². The van der Waals surface area contributed by atoms with Crippen LogP contribution < -0.4 is 0 Å². The second kappa shape index (κ2) is 8.68. The standard InChI is InChI=1S/C12H22O6Si/c1-5-9-19(16-10(13)6-2,17-11(14)7-3)18-12(15)8-4/h5-9H2,1-4H3. The molecule has 6 nitrogen and oxygen atoms in total.